The molecule has 0 saturated heterocycles. The molecule has 0 unspecified atom stereocenters. The number of hydrogen-bond donors (Lipinski definition) is 1. The van der Waals surface area contributed by atoms with Crippen LogP contribution in [0.15, 0.2) is 35.4 Å². The van der Waals surface area contributed by atoms with E-state index in [2.05, 4.69) is 5.10 Å². The lowest BCUT2D eigenvalue weighted by molar-refractivity contribution is 0.587. The highest BCUT2D eigenvalue weighted by Gasteiger charge is 2.17. The van der Waals surface area contributed by atoms with Crippen molar-refractivity contribution in [2.45, 2.75) is 11.9 Å². The van der Waals surface area contributed by atoms with Crippen molar-refractivity contribution >= 4 is 21.6 Å². The van der Waals surface area contributed by atoms with Crippen molar-refractivity contribution in [2.75, 3.05) is 0 Å². The molecule has 7 heteroatoms. The summed E-state index contributed by atoms with van der Waals surface area (Å²) in [5, 5.41) is 9.65. The molecule has 0 aliphatic heterocycles. The van der Waals surface area contributed by atoms with Crippen molar-refractivity contribution in [3.05, 3.63) is 41.0 Å². The molecule has 0 spiro atoms. The van der Waals surface area contributed by atoms with Crippen molar-refractivity contribution < 1.29 is 8.42 Å². The number of benzene rings is 1. The van der Waals surface area contributed by atoms with Crippen LogP contribution in [0, 0.1) is 6.92 Å². The average molecular weight is 272 g/mol. The summed E-state index contributed by atoms with van der Waals surface area (Å²) >= 11 is 5.85. The molecule has 1 aromatic carbocycles. The van der Waals surface area contributed by atoms with Gasteiger partial charge < -0.3 is 0 Å². The molecule has 90 valence electrons. The maximum atomic E-state index is 11.4. The van der Waals surface area contributed by atoms with E-state index in [1.807, 2.05) is 0 Å². The SMILES string of the molecule is Cc1cc(S(N)(=O)=O)n(-c2cccc(Cl)c2)n1. The smallest absolute Gasteiger partial charge is 0.223 e. The fourth-order valence-electron chi connectivity index (χ4n) is 1.47. The van der Waals surface area contributed by atoms with Gasteiger partial charge in [-0.05, 0) is 31.2 Å². The molecule has 0 atom stereocenters. The van der Waals surface area contributed by atoms with Crippen LogP contribution in [0.2, 0.25) is 5.02 Å². The standard InChI is InChI=1S/C10H10ClN3O2S/c1-7-5-10(17(12,15)16)14(13-7)9-4-2-3-8(11)6-9/h2-6H,1H3,(H2,12,15,16). The van der Waals surface area contributed by atoms with Gasteiger partial charge in [0.1, 0.15) is 0 Å². The summed E-state index contributed by atoms with van der Waals surface area (Å²) in [4.78, 5) is 0. The first-order chi connectivity index (χ1) is 7.88. The Labute approximate surface area is 104 Å². The van der Waals surface area contributed by atoms with E-state index >= 15 is 0 Å². The van der Waals surface area contributed by atoms with Crippen LogP contribution in [0.4, 0.5) is 0 Å². The van der Waals surface area contributed by atoms with Gasteiger partial charge in [0.25, 0.3) is 10.0 Å². The molecule has 2 N–H and O–H groups in total. The highest BCUT2D eigenvalue weighted by molar-refractivity contribution is 7.89. The van der Waals surface area contributed by atoms with Gasteiger partial charge in [0.05, 0.1) is 11.4 Å². The van der Waals surface area contributed by atoms with Gasteiger partial charge >= 0.3 is 0 Å². The molecule has 0 saturated carbocycles. The van der Waals surface area contributed by atoms with Crippen LogP contribution in [0.5, 0.6) is 0 Å². The molecule has 17 heavy (non-hydrogen) atoms. The molecule has 0 aliphatic rings. The number of hydrogen-bond acceptors (Lipinski definition) is 3. The summed E-state index contributed by atoms with van der Waals surface area (Å²) in [5.74, 6) is 0. The van der Waals surface area contributed by atoms with E-state index in [0.29, 0.717) is 16.4 Å². The third-order valence-electron chi connectivity index (χ3n) is 2.14. The fourth-order valence-corrected chi connectivity index (χ4v) is 2.38. The van der Waals surface area contributed by atoms with Gasteiger partial charge in [-0.25, -0.2) is 18.2 Å². The third kappa shape index (κ3) is 2.49. The summed E-state index contributed by atoms with van der Waals surface area (Å²) in [5.41, 5.74) is 1.11. The number of rotatable bonds is 2. The van der Waals surface area contributed by atoms with Crippen LogP contribution >= 0.6 is 11.6 Å². The zero-order chi connectivity index (χ0) is 12.6. The minimum Gasteiger partial charge on any atom is -0.223 e. The Morgan fingerprint density at radius 2 is 2.06 bits per heavy atom. The van der Waals surface area contributed by atoms with Crippen molar-refractivity contribution in [3.63, 3.8) is 0 Å². The van der Waals surface area contributed by atoms with E-state index < -0.39 is 10.0 Å². The van der Waals surface area contributed by atoms with E-state index in [-0.39, 0.29) is 5.03 Å². The van der Waals surface area contributed by atoms with Gasteiger partial charge in [-0.3, -0.25) is 0 Å². The number of sulfonamides is 1. The lowest BCUT2D eigenvalue weighted by Crippen LogP contribution is -2.17. The van der Waals surface area contributed by atoms with Crippen LogP contribution < -0.4 is 5.14 Å². The van der Waals surface area contributed by atoms with Gasteiger partial charge in [-0.1, -0.05) is 17.7 Å². The zero-order valence-electron chi connectivity index (χ0n) is 8.96. The Balaban J connectivity index is 2.68. The summed E-state index contributed by atoms with van der Waals surface area (Å²) in [6.07, 6.45) is 0. The molecule has 0 fully saturated rings. The number of aromatic nitrogens is 2. The molecule has 0 radical (unpaired) electrons. The van der Waals surface area contributed by atoms with Crippen molar-refractivity contribution in [2.24, 2.45) is 5.14 Å². The van der Waals surface area contributed by atoms with Gasteiger partial charge in [-0.2, -0.15) is 5.10 Å². The van der Waals surface area contributed by atoms with E-state index in [0.717, 1.165) is 0 Å². The lowest BCUT2D eigenvalue weighted by Gasteiger charge is -2.05. The number of nitrogens with two attached hydrogens (primary N) is 1. The number of halogens is 1. The van der Waals surface area contributed by atoms with Gasteiger partial charge in [-0.15, -0.1) is 0 Å². The number of primary sulfonamides is 1. The van der Waals surface area contributed by atoms with Crippen molar-refractivity contribution in [1.82, 2.24) is 9.78 Å². The van der Waals surface area contributed by atoms with Crippen molar-refractivity contribution in [3.8, 4) is 5.69 Å². The van der Waals surface area contributed by atoms with Crippen LogP contribution in [0.3, 0.4) is 0 Å². The summed E-state index contributed by atoms with van der Waals surface area (Å²) in [6, 6.07) is 8.13. The van der Waals surface area contributed by atoms with E-state index in [4.69, 9.17) is 16.7 Å². The van der Waals surface area contributed by atoms with Crippen LogP contribution in [-0.4, -0.2) is 18.2 Å². The first-order valence-corrected chi connectivity index (χ1v) is 6.66. The molecule has 2 aromatic rings. The molecule has 5 nitrogen and oxygen atoms in total. The van der Waals surface area contributed by atoms with E-state index in [1.165, 1.54) is 10.7 Å². The molecular weight excluding hydrogens is 262 g/mol. The van der Waals surface area contributed by atoms with Crippen molar-refractivity contribution in [1.29, 1.82) is 0 Å². The second kappa shape index (κ2) is 4.14. The Bertz CT molecular complexity index is 664. The van der Waals surface area contributed by atoms with Crippen LogP contribution in [-0.2, 0) is 10.0 Å². The fraction of sp³-hybridized carbons (Fsp3) is 0.100. The van der Waals surface area contributed by atoms with Crippen LogP contribution in [0.25, 0.3) is 5.69 Å². The molecule has 0 amide bonds. The summed E-state index contributed by atoms with van der Waals surface area (Å²) < 4.78 is 24.1. The Kier molecular flexibility index (Phi) is 2.94. The normalized spacial score (nSPS) is 11.7. The molecule has 1 heterocycles. The molecule has 0 aliphatic carbocycles. The molecule has 1 aromatic heterocycles. The molecule has 2 rings (SSSR count). The Morgan fingerprint density at radius 3 is 2.65 bits per heavy atom. The largest absolute Gasteiger partial charge is 0.255 e. The number of nitrogens with zero attached hydrogens (tertiary/aromatic N) is 2. The highest BCUT2D eigenvalue weighted by Crippen LogP contribution is 2.19. The third-order valence-corrected chi connectivity index (χ3v) is 3.25. The summed E-state index contributed by atoms with van der Waals surface area (Å²) in [6.45, 7) is 1.69. The monoisotopic (exact) mass is 271 g/mol. The Hall–Kier alpha value is -1.37. The molecule has 0 bridgehead atoms. The predicted molar refractivity (Wildman–Crippen MR) is 64.7 cm³/mol. The van der Waals surface area contributed by atoms with E-state index in [9.17, 15) is 8.42 Å². The van der Waals surface area contributed by atoms with E-state index in [1.54, 1.807) is 31.2 Å². The summed E-state index contributed by atoms with van der Waals surface area (Å²) in [7, 11) is -3.82. The minimum atomic E-state index is -3.82. The van der Waals surface area contributed by atoms with Gasteiger partial charge in [0.15, 0.2) is 5.03 Å². The maximum Gasteiger partial charge on any atom is 0.255 e. The topological polar surface area (TPSA) is 78.0 Å². The average Bonchev–Trinajstić information content (AvgIpc) is 2.60. The second-order valence-corrected chi connectivity index (χ2v) is 5.51. The van der Waals surface area contributed by atoms with Gasteiger partial charge in [0, 0.05) is 5.02 Å². The van der Waals surface area contributed by atoms with Crippen LogP contribution in [0.1, 0.15) is 5.69 Å². The Morgan fingerprint density at radius 1 is 1.35 bits per heavy atom. The quantitative estimate of drug-likeness (QED) is 0.899. The lowest BCUT2D eigenvalue weighted by atomic mass is 10.3. The highest BCUT2D eigenvalue weighted by atomic mass is 35.5. The first-order valence-electron chi connectivity index (χ1n) is 4.73. The minimum absolute atomic E-state index is 0.0581. The number of aryl methyl sites for hydroxylation is 1. The van der Waals surface area contributed by atoms with Gasteiger partial charge in [0.2, 0.25) is 0 Å². The molecular formula is C10H10ClN3O2S. The second-order valence-electron chi connectivity index (χ2n) is 3.56. The zero-order valence-corrected chi connectivity index (χ0v) is 10.5. The first kappa shape index (κ1) is 12.1. The predicted octanol–water partition coefficient (Wildman–Crippen LogP) is 1.48. The maximum absolute atomic E-state index is 11.4.